The van der Waals surface area contributed by atoms with Gasteiger partial charge >= 0.3 is 0 Å². The van der Waals surface area contributed by atoms with Crippen molar-refractivity contribution in [1.82, 2.24) is 9.21 Å². The van der Waals surface area contributed by atoms with Gasteiger partial charge in [0, 0.05) is 23.0 Å². The van der Waals surface area contributed by atoms with E-state index < -0.39 is 10.0 Å². The number of hydrogen-bond acceptors (Lipinski definition) is 4. The smallest absolute Gasteiger partial charge is 0.238 e. The van der Waals surface area contributed by atoms with Crippen LogP contribution in [0.3, 0.4) is 0 Å². The molecule has 2 heterocycles. The molecule has 1 aliphatic rings. The Morgan fingerprint density at radius 3 is 2.57 bits per heavy atom. The lowest BCUT2D eigenvalue weighted by atomic mass is 9.93. The maximum Gasteiger partial charge on any atom is 0.238 e. The fourth-order valence-corrected chi connectivity index (χ4v) is 5.50. The maximum absolute atomic E-state index is 13.2. The Balaban J connectivity index is 1.92. The molecule has 28 heavy (non-hydrogen) atoms. The van der Waals surface area contributed by atoms with Crippen LogP contribution in [-0.4, -0.2) is 49.4 Å². The Bertz CT molecular complexity index is 939. The number of fused-ring (bicyclic) bond motifs is 1. The molecule has 8 heteroatoms. The van der Waals surface area contributed by atoms with E-state index in [1.807, 2.05) is 43.5 Å². The van der Waals surface area contributed by atoms with E-state index in [0.29, 0.717) is 18.1 Å². The van der Waals surface area contributed by atoms with E-state index in [9.17, 15) is 13.2 Å². The van der Waals surface area contributed by atoms with Gasteiger partial charge in [-0.05, 0) is 47.0 Å². The number of carbonyl (C=O) groups excluding carboxylic acids is 1. The third kappa shape index (κ3) is 4.76. The molecule has 0 saturated heterocycles. The molecule has 1 amide bonds. The second kappa shape index (κ2) is 8.53. The van der Waals surface area contributed by atoms with Crippen molar-refractivity contribution in [2.24, 2.45) is 5.92 Å². The van der Waals surface area contributed by atoms with Crippen molar-refractivity contribution in [1.29, 1.82) is 0 Å². The summed E-state index contributed by atoms with van der Waals surface area (Å²) >= 11 is 7.74. The number of hydrogen-bond donors (Lipinski definition) is 0. The van der Waals surface area contributed by atoms with Crippen LogP contribution in [0.1, 0.15) is 35.9 Å². The summed E-state index contributed by atoms with van der Waals surface area (Å²) in [5.41, 5.74) is 2.09. The second-order valence-electron chi connectivity index (χ2n) is 7.54. The van der Waals surface area contributed by atoms with Gasteiger partial charge in [0.15, 0.2) is 0 Å². The maximum atomic E-state index is 13.2. The first-order valence-corrected chi connectivity index (χ1v) is 12.3. The van der Waals surface area contributed by atoms with E-state index in [1.54, 1.807) is 16.2 Å². The summed E-state index contributed by atoms with van der Waals surface area (Å²) in [5, 5.41) is 2.69. The van der Waals surface area contributed by atoms with Crippen LogP contribution in [-0.2, 0) is 21.2 Å². The normalized spacial score (nSPS) is 17.2. The van der Waals surface area contributed by atoms with Crippen LogP contribution in [0, 0.1) is 5.92 Å². The van der Waals surface area contributed by atoms with Crippen LogP contribution >= 0.6 is 22.9 Å². The molecule has 5 nitrogen and oxygen atoms in total. The molecular weight excluding hydrogens is 416 g/mol. The lowest BCUT2D eigenvalue weighted by molar-refractivity contribution is -0.133. The molecule has 0 fully saturated rings. The van der Waals surface area contributed by atoms with E-state index in [0.717, 1.165) is 23.8 Å². The lowest BCUT2D eigenvalue weighted by Gasteiger charge is -2.37. The zero-order chi connectivity index (χ0) is 20.5. The zero-order valence-corrected chi connectivity index (χ0v) is 18.6. The van der Waals surface area contributed by atoms with E-state index in [1.165, 1.54) is 9.18 Å². The first-order chi connectivity index (χ1) is 13.2. The zero-order valence-electron chi connectivity index (χ0n) is 16.3. The summed E-state index contributed by atoms with van der Waals surface area (Å²) in [5.74, 6) is -0.0395. The van der Waals surface area contributed by atoms with Gasteiger partial charge in [-0.15, -0.1) is 11.3 Å². The van der Waals surface area contributed by atoms with Crippen LogP contribution in [0.5, 0.6) is 0 Å². The molecule has 0 N–H and O–H groups in total. The van der Waals surface area contributed by atoms with E-state index in [-0.39, 0.29) is 24.4 Å². The Morgan fingerprint density at radius 2 is 1.96 bits per heavy atom. The summed E-state index contributed by atoms with van der Waals surface area (Å²) in [4.78, 5) is 16.3. The number of rotatable bonds is 6. The first kappa shape index (κ1) is 21.3. The molecule has 0 radical (unpaired) electrons. The minimum Gasteiger partial charge on any atom is -0.330 e. The molecule has 0 aliphatic carbocycles. The van der Waals surface area contributed by atoms with E-state index in [2.05, 4.69) is 6.07 Å². The SMILES string of the molecule is CC(C)CN(CC(=O)N1CCc2sccc2C1c1ccc(Cl)cc1)S(C)(=O)=O. The molecule has 0 saturated carbocycles. The highest BCUT2D eigenvalue weighted by atomic mass is 35.5. The van der Waals surface area contributed by atoms with Gasteiger partial charge in [-0.2, -0.15) is 4.31 Å². The quantitative estimate of drug-likeness (QED) is 0.686. The largest absolute Gasteiger partial charge is 0.330 e. The van der Waals surface area contributed by atoms with E-state index >= 15 is 0 Å². The van der Waals surface area contributed by atoms with Crippen molar-refractivity contribution < 1.29 is 13.2 Å². The second-order valence-corrected chi connectivity index (χ2v) is 11.0. The minimum atomic E-state index is -3.46. The number of sulfonamides is 1. The van der Waals surface area contributed by atoms with Gasteiger partial charge in [0.1, 0.15) is 0 Å². The third-order valence-electron chi connectivity index (χ3n) is 4.82. The standard InChI is InChI=1S/C20H25ClN2O3S2/c1-14(2)12-22(28(3,25)26)13-19(24)23-10-8-18-17(9-11-27-18)20(23)15-4-6-16(21)7-5-15/h4-7,9,11,14,20H,8,10,12-13H2,1-3H3. The third-order valence-corrected chi connectivity index (χ3v) is 7.29. The number of benzene rings is 1. The molecule has 2 aromatic rings. The number of carbonyl (C=O) groups is 1. The summed E-state index contributed by atoms with van der Waals surface area (Å²) in [6.45, 7) is 4.64. The molecule has 3 rings (SSSR count). The highest BCUT2D eigenvalue weighted by Gasteiger charge is 2.34. The Kier molecular flexibility index (Phi) is 6.49. The molecule has 1 aliphatic heterocycles. The number of amides is 1. The van der Waals surface area contributed by atoms with Crippen molar-refractivity contribution >= 4 is 38.9 Å². The fraction of sp³-hybridized carbons (Fsp3) is 0.450. The predicted molar refractivity (Wildman–Crippen MR) is 114 cm³/mol. The van der Waals surface area contributed by atoms with Crippen LogP contribution in [0.4, 0.5) is 0 Å². The fourth-order valence-electron chi connectivity index (χ4n) is 3.56. The summed E-state index contributed by atoms with van der Waals surface area (Å²) < 4.78 is 25.6. The molecule has 1 atom stereocenters. The molecule has 152 valence electrons. The number of thiophene rings is 1. The van der Waals surface area contributed by atoms with Crippen molar-refractivity contribution in [2.75, 3.05) is 25.9 Å². The Hall–Kier alpha value is -1.41. The molecule has 1 aromatic carbocycles. The van der Waals surface area contributed by atoms with Crippen molar-refractivity contribution in [3.05, 3.63) is 56.7 Å². The highest BCUT2D eigenvalue weighted by molar-refractivity contribution is 7.88. The monoisotopic (exact) mass is 440 g/mol. The molecule has 1 unspecified atom stereocenters. The van der Waals surface area contributed by atoms with Crippen LogP contribution in [0.25, 0.3) is 0 Å². The Labute approximate surface area is 176 Å². The Morgan fingerprint density at radius 1 is 1.29 bits per heavy atom. The minimum absolute atomic E-state index is 0.138. The molecule has 1 aromatic heterocycles. The average molecular weight is 441 g/mol. The number of halogens is 1. The van der Waals surface area contributed by atoms with Gasteiger partial charge in [-0.1, -0.05) is 37.6 Å². The van der Waals surface area contributed by atoms with Gasteiger partial charge < -0.3 is 4.90 Å². The molecule has 0 spiro atoms. The summed E-state index contributed by atoms with van der Waals surface area (Å²) in [6, 6.07) is 9.34. The van der Waals surface area contributed by atoms with Gasteiger partial charge in [0.25, 0.3) is 0 Å². The first-order valence-electron chi connectivity index (χ1n) is 9.23. The van der Waals surface area contributed by atoms with Crippen LogP contribution < -0.4 is 0 Å². The molecular formula is C20H25ClN2O3S2. The van der Waals surface area contributed by atoms with Crippen molar-refractivity contribution in [2.45, 2.75) is 26.3 Å². The van der Waals surface area contributed by atoms with Gasteiger partial charge in [-0.3, -0.25) is 4.79 Å². The van der Waals surface area contributed by atoms with Gasteiger partial charge in [-0.25, -0.2) is 8.42 Å². The van der Waals surface area contributed by atoms with E-state index in [4.69, 9.17) is 11.6 Å². The average Bonchev–Trinajstić information content (AvgIpc) is 3.08. The van der Waals surface area contributed by atoms with Gasteiger partial charge in [0.2, 0.25) is 15.9 Å². The number of nitrogens with zero attached hydrogens (tertiary/aromatic N) is 2. The highest BCUT2D eigenvalue weighted by Crippen LogP contribution is 2.38. The van der Waals surface area contributed by atoms with Crippen LogP contribution in [0.15, 0.2) is 35.7 Å². The summed E-state index contributed by atoms with van der Waals surface area (Å²) in [6.07, 6.45) is 1.94. The van der Waals surface area contributed by atoms with Gasteiger partial charge in [0.05, 0.1) is 18.8 Å². The predicted octanol–water partition coefficient (Wildman–Crippen LogP) is 3.79. The summed E-state index contributed by atoms with van der Waals surface area (Å²) in [7, 11) is -3.46. The topological polar surface area (TPSA) is 57.7 Å². The van der Waals surface area contributed by atoms with Crippen LogP contribution in [0.2, 0.25) is 5.02 Å². The molecule has 0 bridgehead atoms. The van der Waals surface area contributed by atoms with Crippen molar-refractivity contribution in [3.63, 3.8) is 0 Å². The van der Waals surface area contributed by atoms with Crippen molar-refractivity contribution in [3.8, 4) is 0 Å². The lowest BCUT2D eigenvalue weighted by Crippen LogP contribution is -2.47.